The van der Waals surface area contributed by atoms with Crippen molar-refractivity contribution in [1.82, 2.24) is 14.8 Å². The van der Waals surface area contributed by atoms with Crippen molar-refractivity contribution >= 4 is 11.6 Å². The van der Waals surface area contributed by atoms with E-state index in [1.165, 1.54) is 32.4 Å². The predicted octanol–water partition coefficient (Wildman–Crippen LogP) is 1.30. The number of carbonyl (C=O) groups is 1. The number of anilines is 1. The van der Waals surface area contributed by atoms with Crippen molar-refractivity contribution < 1.29 is 4.79 Å². The molecule has 5 nitrogen and oxygen atoms in total. The van der Waals surface area contributed by atoms with Gasteiger partial charge in [-0.1, -0.05) is 6.42 Å². The Kier molecular flexibility index (Phi) is 3.46. The van der Waals surface area contributed by atoms with Crippen LogP contribution in [-0.4, -0.2) is 52.9 Å². The Morgan fingerprint density at radius 3 is 2.74 bits per heavy atom. The Hall–Kier alpha value is -1.49. The average Bonchev–Trinajstić information content (AvgIpc) is 3.08. The molecule has 1 aromatic heterocycles. The summed E-state index contributed by atoms with van der Waals surface area (Å²) in [6, 6.07) is 2.27. The molecule has 1 unspecified atom stereocenters. The van der Waals surface area contributed by atoms with Crippen molar-refractivity contribution in [2.24, 2.45) is 0 Å². The fourth-order valence-electron chi connectivity index (χ4n) is 3.21. The van der Waals surface area contributed by atoms with Crippen LogP contribution < -0.4 is 5.73 Å². The number of carbonyl (C=O) groups excluding carboxylic acids is 1. The SMILES string of the molecule is Nc1c[nH]c(C(=O)N2CCC(N3CCCCC3)C2)c1. The molecule has 0 aromatic carbocycles. The van der Waals surface area contributed by atoms with Crippen LogP contribution in [0.1, 0.15) is 36.2 Å². The van der Waals surface area contributed by atoms with E-state index in [1.807, 2.05) is 4.90 Å². The first-order chi connectivity index (χ1) is 9.24. The van der Waals surface area contributed by atoms with Gasteiger partial charge in [0.2, 0.25) is 0 Å². The molecule has 0 radical (unpaired) electrons. The van der Waals surface area contributed by atoms with Crippen molar-refractivity contribution in [3.05, 3.63) is 18.0 Å². The van der Waals surface area contributed by atoms with Gasteiger partial charge in [-0.05, 0) is 38.4 Å². The van der Waals surface area contributed by atoms with E-state index >= 15 is 0 Å². The van der Waals surface area contributed by atoms with Crippen molar-refractivity contribution in [1.29, 1.82) is 0 Å². The summed E-state index contributed by atoms with van der Waals surface area (Å²) < 4.78 is 0. The minimum absolute atomic E-state index is 0.0798. The first-order valence-corrected chi connectivity index (χ1v) is 7.21. The number of nitrogens with zero attached hydrogens (tertiary/aromatic N) is 2. The lowest BCUT2D eigenvalue weighted by molar-refractivity contribution is 0.0766. The van der Waals surface area contributed by atoms with E-state index in [9.17, 15) is 4.79 Å². The number of H-pyrrole nitrogens is 1. The molecule has 0 aliphatic carbocycles. The van der Waals surface area contributed by atoms with Gasteiger partial charge < -0.3 is 15.6 Å². The van der Waals surface area contributed by atoms with E-state index in [-0.39, 0.29) is 5.91 Å². The second kappa shape index (κ2) is 5.25. The van der Waals surface area contributed by atoms with Gasteiger partial charge in [0.15, 0.2) is 0 Å². The van der Waals surface area contributed by atoms with Crippen LogP contribution in [0.3, 0.4) is 0 Å². The first kappa shape index (κ1) is 12.5. The normalized spacial score (nSPS) is 24.8. The molecule has 1 atom stereocenters. The zero-order valence-electron chi connectivity index (χ0n) is 11.3. The molecule has 0 bridgehead atoms. The highest BCUT2D eigenvalue weighted by Crippen LogP contribution is 2.21. The zero-order chi connectivity index (χ0) is 13.2. The summed E-state index contributed by atoms with van der Waals surface area (Å²) in [6.07, 6.45) is 6.73. The summed E-state index contributed by atoms with van der Waals surface area (Å²) in [5, 5.41) is 0. The van der Waals surface area contributed by atoms with Crippen molar-refractivity contribution in [3.63, 3.8) is 0 Å². The van der Waals surface area contributed by atoms with Crippen LogP contribution >= 0.6 is 0 Å². The minimum Gasteiger partial charge on any atom is -0.397 e. The molecular weight excluding hydrogens is 240 g/mol. The van der Waals surface area contributed by atoms with Gasteiger partial charge >= 0.3 is 0 Å². The molecular formula is C14H22N4O. The Morgan fingerprint density at radius 1 is 1.26 bits per heavy atom. The van der Waals surface area contributed by atoms with E-state index < -0.39 is 0 Å². The maximum atomic E-state index is 12.3. The number of aromatic amines is 1. The predicted molar refractivity (Wildman–Crippen MR) is 74.9 cm³/mol. The van der Waals surface area contributed by atoms with Crippen LogP contribution in [0, 0.1) is 0 Å². The Bertz CT molecular complexity index is 450. The van der Waals surface area contributed by atoms with Gasteiger partial charge in [0.05, 0.1) is 0 Å². The third-order valence-electron chi connectivity index (χ3n) is 4.29. The van der Waals surface area contributed by atoms with Crippen LogP contribution in [-0.2, 0) is 0 Å². The third kappa shape index (κ3) is 2.61. The third-order valence-corrected chi connectivity index (χ3v) is 4.29. The van der Waals surface area contributed by atoms with E-state index in [0.29, 0.717) is 17.4 Å². The van der Waals surface area contributed by atoms with Crippen molar-refractivity contribution in [2.75, 3.05) is 31.9 Å². The van der Waals surface area contributed by atoms with Gasteiger partial charge in [-0.25, -0.2) is 0 Å². The molecule has 104 valence electrons. The molecule has 1 aromatic rings. The number of likely N-dealkylation sites (tertiary alicyclic amines) is 2. The second-order valence-corrected chi connectivity index (χ2v) is 5.64. The first-order valence-electron chi connectivity index (χ1n) is 7.21. The molecule has 3 rings (SSSR count). The molecule has 0 saturated carbocycles. The van der Waals surface area contributed by atoms with E-state index in [0.717, 1.165) is 19.5 Å². The van der Waals surface area contributed by atoms with Gasteiger partial charge in [-0.15, -0.1) is 0 Å². The highest BCUT2D eigenvalue weighted by atomic mass is 16.2. The highest BCUT2D eigenvalue weighted by Gasteiger charge is 2.31. The number of amides is 1. The van der Waals surface area contributed by atoms with E-state index in [4.69, 9.17) is 5.73 Å². The van der Waals surface area contributed by atoms with Gasteiger partial charge in [0, 0.05) is 31.0 Å². The number of aromatic nitrogens is 1. The number of hydrogen-bond donors (Lipinski definition) is 2. The Morgan fingerprint density at radius 2 is 2.05 bits per heavy atom. The fraction of sp³-hybridized carbons (Fsp3) is 0.643. The monoisotopic (exact) mass is 262 g/mol. The molecule has 5 heteroatoms. The van der Waals surface area contributed by atoms with Crippen LogP contribution in [0.5, 0.6) is 0 Å². The molecule has 1 amide bonds. The lowest BCUT2D eigenvalue weighted by Gasteiger charge is -2.32. The second-order valence-electron chi connectivity index (χ2n) is 5.64. The molecule has 3 N–H and O–H groups in total. The molecule has 19 heavy (non-hydrogen) atoms. The van der Waals surface area contributed by atoms with E-state index in [2.05, 4.69) is 9.88 Å². The number of piperidine rings is 1. The molecule has 2 fully saturated rings. The lowest BCUT2D eigenvalue weighted by atomic mass is 10.1. The van der Waals surface area contributed by atoms with Gasteiger partial charge in [0.25, 0.3) is 5.91 Å². The summed E-state index contributed by atoms with van der Waals surface area (Å²) in [6.45, 7) is 4.11. The summed E-state index contributed by atoms with van der Waals surface area (Å²) in [5.74, 6) is 0.0798. The maximum absolute atomic E-state index is 12.3. The van der Waals surface area contributed by atoms with Crippen molar-refractivity contribution in [2.45, 2.75) is 31.7 Å². The molecule has 2 saturated heterocycles. The van der Waals surface area contributed by atoms with Gasteiger partial charge in [0.1, 0.15) is 5.69 Å². The Labute approximate surface area is 113 Å². The number of rotatable bonds is 2. The molecule has 3 heterocycles. The summed E-state index contributed by atoms with van der Waals surface area (Å²) in [4.78, 5) is 19.8. The number of hydrogen-bond acceptors (Lipinski definition) is 3. The topological polar surface area (TPSA) is 65.4 Å². The standard InChI is InChI=1S/C14H22N4O/c15-11-8-13(16-9-11)14(19)18-7-4-12(10-18)17-5-2-1-3-6-17/h8-9,12,16H,1-7,10,15H2. The zero-order valence-corrected chi connectivity index (χ0v) is 11.3. The number of nitrogens with one attached hydrogen (secondary N) is 1. The molecule has 2 aliphatic heterocycles. The quantitative estimate of drug-likeness (QED) is 0.844. The van der Waals surface area contributed by atoms with E-state index in [1.54, 1.807) is 12.3 Å². The maximum Gasteiger partial charge on any atom is 0.270 e. The molecule has 2 aliphatic rings. The smallest absolute Gasteiger partial charge is 0.270 e. The van der Waals surface area contributed by atoms with Crippen LogP contribution in [0.25, 0.3) is 0 Å². The summed E-state index contributed by atoms with van der Waals surface area (Å²) >= 11 is 0. The minimum atomic E-state index is 0.0798. The average molecular weight is 262 g/mol. The summed E-state index contributed by atoms with van der Waals surface area (Å²) in [5.41, 5.74) is 6.88. The van der Waals surface area contributed by atoms with Crippen LogP contribution in [0.4, 0.5) is 5.69 Å². The van der Waals surface area contributed by atoms with Crippen LogP contribution in [0.15, 0.2) is 12.3 Å². The van der Waals surface area contributed by atoms with Gasteiger partial charge in [-0.3, -0.25) is 9.69 Å². The largest absolute Gasteiger partial charge is 0.397 e. The van der Waals surface area contributed by atoms with Crippen LogP contribution in [0.2, 0.25) is 0 Å². The molecule has 0 spiro atoms. The lowest BCUT2D eigenvalue weighted by Crippen LogP contribution is -2.41. The highest BCUT2D eigenvalue weighted by molar-refractivity contribution is 5.93. The Balaban J connectivity index is 1.60. The number of nitrogen functional groups attached to an aromatic ring is 1. The van der Waals surface area contributed by atoms with Crippen molar-refractivity contribution in [3.8, 4) is 0 Å². The summed E-state index contributed by atoms with van der Waals surface area (Å²) in [7, 11) is 0. The fourth-order valence-corrected chi connectivity index (χ4v) is 3.21. The van der Waals surface area contributed by atoms with Gasteiger partial charge in [-0.2, -0.15) is 0 Å². The number of nitrogens with two attached hydrogens (primary N) is 1.